The first-order valence-corrected chi connectivity index (χ1v) is 6.88. The fraction of sp³-hybridized carbons (Fsp3) is 0.333. The highest BCUT2D eigenvalue weighted by atomic mass is 19.1. The molecule has 1 aliphatic rings. The summed E-state index contributed by atoms with van der Waals surface area (Å²) >= 11 is 0. The summed E-state index contributed by atoms with van der Waals surface area (Å²) in [5.74, 6) is -0.232. The molecule has 110 valence electrons. The summed E-state index contributed by atoms with van der Waals surface area (Å²) in [6.07, 6.45) is 1.39. The molecule has 3 rings (SSSR count). The van der Waals surface area contributed by atoms with Crippen LogP contribution in [0.1, 0.15) is 5.69 Å². The van der Waals surface area contributed by atoms with Gasteiger partial charge < -0.3 is 9.80 Å². The molecule has 6 heteroatoms. The van der Waals surface area contributed by atoms with Crippen molar-refractivity contribution in [2.24, 2.45) is 0 Å². The van der Waals surface area contributed by atoms with E-state index in [2.05, 4.69) is 14.9 Å². The molecule has 4 nitrogen and oxygen atoms in total. The number of hydrogen-bond donors (Lipinski definition) is 0. The van der Waals surface area contributed by atoms with Crippen molar-refractivity contribution in [3.05, 3.63) is 47.9 Å². The van der Waals surface area contributed by atoms with Crippen LogP contribution in [0.25, 0.3) is 0 Å². The number of aryl methyl sites for hydroxylation is 1. The van der Waals surface area contributed by atoms with Crippen LogP contribution in [0.2, 0.25) is 0 Å². The molecule has 1 saturated heterocycles. The molecule has 0 radical (unpaired) electrons. The zero-order chi connectivity index (χ0) is 14.8. The van der Waals surface area contributed by atoms with Crippen LogP contribution in [-0.2, 0) is 0 Å². The second-order valence-corrected chi connectivity index (χ2v) is 5.05. The molecular weight excluding hydrogens is 274 g/mol. The van der Waals surface area contributed by atoms with E-state index in [1.165, 1.54) is 18.5 Å². The molecule has 1 aromatic carbocycles. The SMILES string of the molecule is Cc1ncnc(N2CCN(c3ccc(F)cc3)CC2)c1F. The molecule has 2 heterocycles. The van der Waals surface area contributed by atoms with E-state index >= 15 is 0 Å². The van der Waals surface area contributed by atoms with Crippen molar-refractivity contribution < 1.29 is 8.78 Å². The Kier molecular flexibility index (Phi) is 3.68. The predicted octanol–water partition coefficient (Wildman–Crippen LogP) is 2.39. The maximum atomic E-state index is 14.0. The summed E-state index contributed by atoms with van der Waals surface area (Å²) < 4.78 is 27.0. The smallest absolute Gasteiger partial charge is 0.186 e. The van der Waals surface area contributed by atoms with Crippen LogP contribution in [0.15, 0.2) is 30.6 Å². The standard InChI is InChI=1S/C15H16F2N4/c1-11-14(17)15(19-10-18-11)21-8-6-20(7-9-21)13-4-2-12(16)3-5-13/h2-5,10H,6-9H2,1H3. The molecule has 21 heavy (non-hydrogen) atoms. The fourth-order valence-corrected chi connectivity index (χ4v) is 2.49. The molecule has 1 fully saturated rings. The van der Waals surface area contributed by atoms with Gasteiger partial charge in [-0.05, 0) is 31.2 Å². The second kappa shape index (κ2) is 5.63. The van der Waals surface area contributed by atoms with Gasteiger partial charge in [0.25, 0.3) is 0 Å². The minimum atomic E-state index is -0.354. The normalized spacial score (nSPS) is 15.4. The highest BCUT2D eigenvalue weighted by Crippen LogP contribution is 2.22. The Morgan fingerprint density at radius 1 is 0.905 bits per heavy atom. The predicted molar refractivity (Wildman–Crippen MR) is 77.6 cm³/mol. The molecule has 0 N–H and O–H groups in total. The Labute approximate surface area is 122 Å². The third kappa shape index (κ3) is 2.79. The van der Waals surface area contributed by atoms with E-state index in [4.69, 9.17) is 0 Å². The summed E-state index contributed by atoms with van der Waals surface area (Å²) in [5, 5.41) is 0. The summed E-state index contributed by atoms with van der Waals surface area (Å²) in [5.41, 5.74) is 1.34. The van der Waals surface area contributed by atoms with E-state index < -0.39 is 0 Å². The Balaban J connectivity index is 1.70. The van der Waals surface area contributed by atoms with Crippen molar-refractivity contribution in [2.75, 3.05) is 36.0 Å². The third-order valence-corrected chi connectivity index (χ3v) is 3.72. The molecule has 0 bridgehead atoms. The molecule has 2 aromatic rings. The number of anilines is 2. The van der Waals surface area contributed by atoms with Gasteiger partial charge in [-0.25, -0.2) is 18.7 Å². The lowest BCUT2D eigenvalue weighted by atomic mass is 10.2. The van der Waals surface area contributed by atoms with Gasteiger partial charge in [-0.1, -0.05) is 0 Å². The zero-order valence-electron chi connectivity index (χ0n) is 11.8. The van der Waals surface area contributed by atoms with Crippen molar-refractivity contribution in [3.63, 3.8) is 0 Å². The van der Waals surface area contributed by atoms with Gasteiger partial charge in [-0.15, -0.1) is 0 Å². The summed E-state index contributed by atoms with van der Waals surface area (Å²) in [7, 11) is 0. The van der Waals surface area contributed by atoms with E-state index in [0.29, 0.717) is 24.6 Å². The highest BCUT2D eigenvalue weighted by Gasteiger charge is 2.21. The zero-order valence-corrected chi connectivity index (χ0v) is 11.8. The molecule has 0 aliphatic carbocycles. The van der Waals surface area contributed by atoms with Crippen LogP contribution >= 0.6 is 0 Å². The van der Waals surface area contributed by atoms with Gasteiger partial charge in [0.15, 0.2) is 11.6 Å². The Morgan fingerprint density at radius 2 is 1.52 bits per heavy atom. The molecular formula is C15H16F2N4. The van der Waals surface area contributed by atoms with Crippen molar-refractivity contribution in [2.45, 2.75) is 6.92 Å². The number of aromatic nitrogens is 2. The molecule has 0 unspecified atom stereocenters. The van der Waals surface area contributed by atoms with E-state index in [0.717, 1.165) is 18.8 Å². The van der Waals surface area contributed by atoms with Gasteiger partial charge in [0, 0.05) is 31.9 Å². The van der Waals surface area contributed by atoms with Crippen LogP contribution in [0.5, 0.6) is 0 Å². The monoisotopic (exact) mass is 290 g/mol. The third-order valence-electron chi connectivity index (χ3n) is 3.72. The average molecular weight is 290 g/mol. The number of piperazine rings is 1. The highest BCUT2D eigenvalue weighted by molar-refractivity contribution is 5.49. The fourth-order valence-electron chi connectivity index (χ4n) is 2.49. The van der Waals surface area contributed by atoms with Gasteiger partial charge in [0.2, 0.25) is 0 Å². The minimum Gasteiger partial charge on any atom is -0.368 e. The largest absolute Gasteiger partial charge is 0.368 e. The van der Waals surface area contributed by atoms with Gasteiger partial charge in [-0.3, -0.25) is 0 Å². The average Bonchev–Trinajstić information content (AvgIpc) is 2.51. The first-order chi connectivity index (χ1) is 10.1. The molecule has 0 atom stereocenters. The summed E-state index contributed by atoms with van der Waals surface area (Å²) in [6.45, 7) is 4.47. The second-order valence-electron chi connectivity index (χ2n) is 5.05. The maximum absolute atomic E-state index is 14.0. The molecule has 0 spiro atoms. The minimum absolute atomic E-state index is 0.240. The first-order valence-electron chi connectivity index (χ1n) is 6.88. The number of nitrogens with zero attached hydrogens (tertiary/aromatic N) is 4. The van der Waals surface area contributed by atoms with E-state index in [-0.39, 0.29) is 11.6 Å². The van der Waals surface area contributed by atoms with E-state index in [1.807, 2.05) is 4.90 Å². The Hall–Kier alpha value is -2.24. The number of hydrogen-bond acceptors (Lipinski definition) is 4. The van der Waals surface area contributed by atoms with Crippen molar-refractivity contribution in [1.82, 2.24) is 9.97 Å². The lowest BCUT2D eigenvalue weighted by Crippen LogP contribution is -2.47. The lowest BCUT2D eigenvalue weighted by molar-refractivity contribution is 0.574. The van der Waals surface area contributed by atoms with Gasteiger partial charge in [-0.2, -0.15) is 0 Å². The molecule has 0 saturated carbocycles. The van der Waals surface area contributed by atoms with Gasteiger partial charge >= 0.3 is 0 Å². The quantitative estimate of drug-likeness (QED) is 0.850. The number of benzene rings is 1. The van der Waals surface area contributed by atoms with Gasteiger partial charge in [0.05, 0.1) is 5.69 Å². The summed E-state index contributed by atoms with van der Waals surface area (Å²) in [4.78, 5) is 12.0. The van der Waals surface area contributed by atoms with Crippen molar-refractivity contribution >= 4 is 11.5 Å². The Bertz CT molecular complexity index is 622. The Morgan fingerprint density at radius 3 is 2.19 bits per heavy atom. The molecule has 0 amide bonds. The van der Waals surface area contributed by atoms with Crippen molar-refractivity contribution in [3.8, 4) is 0 Å². The van der Waals surface area contributed by atoms with Crippen LogP contribution in [0.3, 0.4) is 0 Å². The maximum Gasteiger partial charge on any atom is 0.186 e. The number of halogens is 2. The lowest BCUT2D eigenvalue weighted by Gasteiger charge is -2.36. The molecule has 1 aromatic heterocycles. The first kappa shape index (κ1) is 13.7. The van der Waals surface area contributed by atoms with E-state index in [9.17, 15) is 8.78 Å². The van der Waals surface area contributed by atoms with Crippen LogP contribution in [0, 0.1) is 18.6 Å². The molecule has 1 aliphatic heterocycles. The van der Waals surface area contributed by atoms with E-state index in [1.54, 1.807) is 19.1 Å². The van der Waals surface area contributed by atoms with Crippen LogP contribution < -0.4 is 9.80 Å². The van der Waals surface area contributed by atoms with Crippen LogP contribution in [-0.4, -0.2) is 36.1 Å². The summed E-state index contributed by atoms with van der Waals surface area (Å²) in [6, 6.07) is 6.44. The van der Waals surface area contributed by atoms with Crippen LogP contribution in [0.4, 0.5) is 20.3 Å². The van der Waals surface area contributed by atoms with Crippen molar-refractivity contribution in [1.29, 1.82) is 0 Å². The number of rotatable bonds is 2. The van der Waals surface area contributed by atoms with Gasteiger partial charge in [0.1, 0.15) is 12.1 Å². The topological polar surface area (TPSA) is 32.3 Å².